The lowest BCUT2D eigenvalue weighted by molar-refractivity contribution is 0.195. The van der Waals surface area contributed by atoms with Crippen LogP contribution < -0.4 is 4.90 Å². The molecule has 0 fully saturated rings. The molecule has 2 unspecified atom stereocenters. The van der Waals surface area contributed by atoms with E-state index in [1.165, 1.54) is 34.0 Å². The Morgan fingerprint density at radius 3 is 1.42 bits per heavy atom. The standard InChI is InChI=1S/C16H15ClN2.C15H15N3.C15H14N2S.C13H9ClN2S.C12H18N2.C11H14N2O.C10H12N2S/c1-12-6-11-15(18-2)16(19-12)5-3-4-13-7-9-14(17)10-8-13;1-12-9-10-14(16-2)15(17-12)18(3)11-13-7-5-4-6-8-13;1-11-4-7-13(8-5-11)10-18-15-14(16-3)9-6-12(2)17-15;1-9-3-8-12(15-2)13(16-9)17-11-6-4-10(14)5-7-11;1-9(2)5-7-12-11(13-4)8-6-10(3)14-12;1-9-6-7-10(12-2)11(13-9)5-4-8-14-3;1-7(2)13-10-9(11-4)6-5-8(3)12-10/h6-11H,3-5H2,1H3;4-10H,11H2,1,3H3;4-9H,10H2,1-2H3;3-8H,1H3;6,8-9,11-12H,5,7H2,1-3H3;6-7H,4-5,8H2,1,3H3;5-7H,1-3H3. The summed E-state index contributed by atoms with van der Waals surface area (Å²) < 4.78 is 4.96. The third-order valence-electron chi connectivity index (χ3n) is 16.4. The van der Waals surface area contributed by atoms with Crippen molar-refractivity contribution in [1.82, 2.24) is 29.9 Å². The van der Waals surface area contributed by atoms with Gasteiger partial charge in [0.25, 0.3) is 6.04 Å². The first kappa shape index (κ1) is 92.6. The number of benzene rings is 4. The van der Waals surface area contributed by atoms with Crippen molar-refractivity contribution >= 4 is 104 Å². The molecule has 2 atom stereocenters. The van der Waals surface area contributed by atoms with Crippen molar-refractivity contribution in [3.8, 4) is 0 Å². The summed E-state index contributed by atoms with van der Waals surface area (Å²) >= 11 is 16.4. The van der Waals surface area contributed by atoms with Crippen LogP contribution in [0.5, 0.6) is 0 Å². The van der Waals surface area contributed by atoms with Crippen molar-refractivity contribution in [2.75, 3.05) is 25.7 Å². The maximum Gasteiger partial charge on any atom is 0.264 e. The molecule has 0 aliphatic carbocycles. The molecule has 0 bridgehead atoms. The number of pyridine rings is 6. The summed E-state index contributed by atoms with van der Waals surface area (Å²) in [5.74, 6) is 2.29. The number of ether oxygens (including phenoxy) is 1. The quantitative estimate of drug-likeness (QED) is 0.0387. The highest BCUT2D eigenvalue weighted by atomic mass is 35.5. The molecule has 1 aliphatic heterocycles. The van der Waals surface area contributed by atoms with Gasteiger partial charge in [0.15, 0.2) is 0 Å². The summed E-state index contributed by atoms with van der Waals surface area (Å²) in [6.45, 7) is 75.4. The summed E-state index contributed by atoms with van der Waals surface area (Å²) in [6, 6.07) is 56.4. The van der Waals surface area contributed by atoms with Crippen LogP contribution in [0.25, 0.3) is 33.9 Å². The number of aryl methyl sites for hydroxylation is 10. The number of aromatic nitrogens is 6. The van der Waals surface area contributed by atoms with Crippen LogP contribution in [0.4, 0.5) is 39.9 Å². The second-order valence-electron chi connectivity index (χ2n) is 26.8. The van der Waals surface area contributed by atoms with Crippen molar-refractivity contribution in [2.24, 2.45) is 10.9 Å². The van der Waals surface area contributed by atoms with E-state index in [1.807, 2.05) is 206 Å². The maximum atomic E-state index is 7.19. The number of rotatable bonds is 21. The number of allylic oxidation sites excluding steroid dienone is 1. The topological polar surface area (TPSA) is 133 Å². The van der Waals surface area contributed by atoms with Crippen LogP contribution in [-0.2, 0) is 36.3 Å². The van der Waals surface area contributed by atoms with Crippen molar-refractivity contribution in [3.05, 3.63) is 346 Å². The molecule has 21 heteroatoms. The molecule has 1 aliphatic rings. The molecule has 6 aromatic heterocycles. The molecule has 0 saturated carbocycles. The highest BCUT2D eigenvalue weighted by Gasteiger charge is 2.25. The van der Waals surface area contributed by atoms with Crippen LogP contribution in [-0.4, -0.2) is 73.7 Å². The molecule has 0 radical (unpaired) electrons. The number of thioether (sulfide) groups is 2. The Hall–Kier alpha value is -11.0. The van der Waals surface area contributed by atoms with Gasteiger partial charge in [0, 0.05) is 111 Å². The average molecular weight is 1600 g/mol. The van der Waals surface area contributed by atoms with Gasteiger partial charge in [-0.25, -0.2) is 40.6 Å². The minimum atomic E-state index is -0.0301. The van der Waals surface area contributed by atoms with E-state index in [9.17, 15) is 0 Å². The van der Waals surface area contributed by atoms with Gasteiger partial charge in [0.1, 0.15) is 26.9 Å². The number of aliphatic imine (C=N–C) groups is 1. The van der Waals surface area contributed by atoms with Gasteiger partial charge in [-0.2, -0.15) is 0 Å². The summed E-state index contributed by atoms with van der Waals surface area (Å²) in [7, 11) is 3.64. The second-order valence-corrected chi connectivity index (χ2v) is 31.3. The summed E-state index contributed by atoms with van der Waals surface area (Å²) in [5, 5.41) is 4.35. The number of methoxy groups -OCH3 is 1. The van der Waals surface area contributed by atoms with Gasteiger partial charge < -0.3 is 14.5 Å². The Morgan fingerprint density at radius 1 is 0.469 bits per heavy atom. The van der Waals surface area contributed by atoms with Gasteiger partial charge in [0.2, 0.25) is 34.1 Å². The largest absolute Gasteiger partial charge is 0.385 e. The molecule has 4 aromatic carbocycles. The number of hydrogen-bond donors (Lipinski definition) is 0. The van der Waals surface area contributed by atoms with Gasteiger partial charge in [-0.3, -0.25) is 29.9 Å². The van der Waals surface area contributed by atoms with Crippen LogP contribution >= 0.6 is 58.5 Å². The number of anilines is 1. The SMILES string of the molecule is [C-]#[N+]C1C=CC(C)=NC1CCC(C)C.[C-]#[N+]c1ccc(C)nc1CCCOC.[C-]#[N+]c1ccc(C)nc1CCCc1ccc(Cl)cc1.[C-]#[N+]c1ccc(C)nc1N(C)Cc1ccccc1.[C-]#[N+]c1ccc(C)nc1SC(C)C.[C-]#[N+]c1ccc(C)nc1SCc1ccc(C)cc1.[C-]#[N+]c1ccc(C)nc1Sc1ccc(Cl)cc1. The Bertz CT molecular complexity index is 5050. The summed E-state index contributed by atoms with van der Waals surface area (Å²) in [6.07, 6.45) is 10.7. The van der Waals surface area contributed by atoms with Crippen molar-refractivity contribution in [1.29, 1.82) is 0 Å². The van der Waals surface area contributed by atoms with E-state index >= 15 is 0 Å². The number of hydrogen-bond acceptors (Lipinski definition) is 12. The molecule has 113 heavy (non-hydrogen) atoms. The molecule has 0 amide bonds. The molecule has 0 N–H and O–H groups in total. The number of nitrogens with zero attached hydrogens (tertiary/aromatic N) is 15. The first-order valence-electron chi connectivity index (χ1n) is 36.8. The van der Waals surface area contributed by atoms with E-state index in [-0.39, 0.29) is 12.1 Å². The van der Waals surface area contributed by atoms with Crippen molar-refractivity contribution in [3.63, 3.8) is 0 Å². The Morgan fingerprint density at radius 2 is 0.920 bits per heavy atom. The van der Waals surface area contributed by atoms with E-state index in [4.69, 9.17) is 73.9 Å². The normalized spacial score (nSPS) is 12.0. The Labute approximate surface area is 693 Å². The lowest BCUT2D eigenvalue weighted by Gasteiger charge is -2.20. The molecular weight excluding hydrogens is 1500 g/mol. The first-order chi connectivity index (χ1) is 54.3. The van der Waals surface area contributed by atoms with Gasteiger partial charge in [-0.05, 0) is 165 Å². The van der Waals surface area contributed by atoms with Gasteiger partial charge in [-0.15, -0.1) is 23.5 Å². The minimum absolute atomic E-state index is 0.0301. The zero-order chi connectivity index (χ0) is 82.6. The predicted octanol–water partition coefficient (Wildman–Crippen LogP) is 26.7. The van der Waals surface area contributed by atoms with Crippen LogP contribution in [0, 0.1) is 100 Å². The van der Waals surface area contributed by atoms with E-state index in [2.05, 4.69) is 140 Å². The molecule has 16 nitrogen and oxygen atoms in total. The highest BCUT2D eigenvalue weighted by Crippen LogP contribution is 2.36. The van der Waals surface area contributed by atoms with E-state index in [0.717, 1.165) is 139 Å². The Balaban J connectivity index is 0.000000237. The van der Waals surface area contributed by atoms with Gasteiger partial charge in [-0.1, -0.05) is 208 Å². The fourth-order valence-corrected chi connectivity index (χ4v) is 13.5. The predicted molar refractivity (Wildman–Crippen MR) is 471 cm³/mol. The monoisotopic (exact) mass is 1590 g/mol. The lowest BCUT2D eigenvalue weighted by atomic mass is 9.96. The van der Waals surface area contributed by atoms with Crippen molar-refractivity contribution in [2.45, 2.75) is 178 Å². The molecule has 10 aromatic rings. The first-order valence-corrected chi connectivity index (χ1v) is 40.2. The van der Waals surface area contributed by atoms with Crippen LogP contribution in [0.15, 0.2) is 213 Å². The lowest BCUT2D eigenvalue weighted by Crippen LogP contribution is -2.24. The summed E-state index contributed by atoms with van der Waals surface area (Å²) in [5.41, 5.74) is 17.3. The van der Waals surface area contributed by atoms with Crippen molar-refractivity contribution < 1.29 is 4.74 Å². The zero-order valence-electron chi connectivity index (χ0n) is 66.9. The molecule has 578 valence electrons. The third kappa shape index (κ3) is 34.7. The fraction of sp³-hybridized carbons (Fsp3) is 0.304. The molecular formula is C92H97Cl2N15OS3. The van der Waals surface area contributed by atoms with E-state index < -0.39 is 0 Å². The average Bonchev–Trinajstić information content (AvgIpc) is 1.21. The minimum Gasteiger partial charge on any atom is -0.385 e. The molecule has 11 rings (SSSR count). The van der Waals surface area contributed by atoms with Crippen LogP contribution in [0.2, 0.25) is 10.0 Å². The van der Waals surface area contributed by atoms with Crippen LogP contribution in [0.1, 0.15) is 128 Å². The van der Waals surface area contributed by atoms with E-state index in [0.29, 0.717) is 56.9 Å². The Kier molecular flexibility index (Phi) is 41.6. The van der Waals surface area contributed by atoms with E-state index in [1.54, 1.807) is 36.7 Å². The smallest absolute Gasteiger partial charge is 0.264 e. The summed E-state index contributed by atoms with van der Waals surface area (Å²) in [4.78, 5) is 58.4. The second kappa shape index (κ2) is 50.8. The molecule has 0 saturated heterocycles. The van der Waals surface area contributed by atoms with Gasteiger partial charge >= 0.3 is 0 Å². The molecule has 7 heterocycles. The van der Waals surface area contributed by atoms with Gasteiger partial charge in [0.05, 0.1) is 39.4 Å². The zero-order valence-corrected chi connectivity index (χ0v) is 70.8. The highest BCUT2D eigenvalue weighted by molar-refractivity contribution is 8.00. The van der Waals surface area contributed by atoms with Crippen LogP contribution in [0.3, 0.4) is 0 Å². The number of halogens is 2. The molecule has 0 spiro atoms. The third-order valence-corrected chi connectivity index (χ3v) is 19.9. The fourth-order valence-electron chi connectivity index (χ4n) is 10.5. The maximum absolute atomic E-state index is 7.19. The number of dihydropyridines is 1.